The van der Waals surface area contributed by atoms with Gasteiger partial charge in [0, 0.05) is 12.0 Å². The Morgan fingerprint density at radius 1 is 1.27 bits per heavy atom. The van der Waals surface area contributed by atoms with E-state index in [2.05, 4.69) is 13.2 Å². The van der Waals surface area contributed by atoms with Crippen LogP contribution in [0.4, 0.5) is 0 Å². The average Bonchev–Trinajstić information content (AvgIpc) is 2.26. The summed E-state index contributed by atoms with van der Waals surface area (Å²) in [6, 6.07) is 7.58. The number of hydrogen-bond donors (Lipinski definition) is 0. The van der Waals surface area contributed by atoms with Crippen molar-refractivity contribution >= 4 is 11.4 Å². The van der Waals surface area contributed by atoms with Crippen LogP contribution >= 0.6 is 0 Å². The Hall–Kier alpha value is -1.63. The van der Waals surface area contributed by atoms with Gasteiger partial charge in [-0.25, -0.2) is 0 Å². The van der Waals surface area contributed by atoms with E-state index in [0.29, 0.717) is 6.42 Å². The highest BCUT2D eigenvalue weighted by Gasteiger charge is 2.04. The van der Waals surface area contributed by atoms with Crippen LogP contribution in [0.3, 0.4) is 0 Å². The average molecular weight is 200 g/mol. The van der Waals surface area contributed by atoms with Crippen molar-refractivity contribution < 1.29 is 4.79 Å². The summed E-state index contributed by atoms with van der Waals surface area (Å²) in [6.45, 7) is 9.40. The molecule has 1 aromatic rings. The van der Waals surface area contributed by atoms with Crippen LogP contribution in [0, 0.1) is 0 Å². The quantitative estimate of drug-likeness (QED) is 0.521. The van der Waals surface area contributed by atoms with E-state index in [1.165, 1.54) is 0 Å². The molecular weight excluding hydrogens is 184 g/mol. The van der Waals surface area contributed by atoms with Gasteiger partial charge in [-0.15, -0.1) is 6.58 Å². The molecule has 15 heavy (non-hydrogen) atoms. The molecule has 0 aliphatic carbocycles. The molecule has 1 aromatic carbocycles. The van der Waals surface area contributed by atoms with Gasteiger partial charge in [0.2, 0.25) is 0 Å². The molecule has 0 atom stereocenters. The second-order valence-corrected chi connectivity index (χ2v) is 3.61. The van der Waals surface area contributed by atoms with Crippen LogP contribution in [-0.2, 0) is 0 Å². The zero-order chi connectivity index (χ0) is 11.3. The van der Waals surface area contributed by atoms with Crippen molar-refractivity contribution in [3.63, 3.8) is 0 Å². The summed E-state index contributed by atoms with van der Waals surface area (Å²) < 4.78 is 0. The monoisotopic (exact) mass is 200 g/mol. The number of carbonyl (C=O) groups is 1. The highest BCUT2D eigenvalue weighted by atomic mass is 16.1. The van der Waals surface area contributed by atoms with Gasteiger partial charge in [0.1, 0.15) is 0 Å². The standard InChI is InChI=1S/C14H16O/c1-4-5-6-14(15)13-9-7-12(8-10-13)11(2)3/h4,7-10H,1-2,5-6H2,3H3. The number of allylic oxidation sites excluding steroid dienone is 2. The molecule has 0 unspecified atom stereocenters. The predicted octanol–water partition coefficient (Wildman–Crippen LogP) is 3.87. The normalized spacial score (nSPS) is 9.67. The third-order valence-corrected chi connectivity index (χ3v) is 2.28. The Balaban J connectivity index is 2.75. The van der Waals surface area contributed by atoms with E-state index < -0.39 is 0 Å². The van der Waals surface area contributed by atoms with E-state index in [4.69, 9.17) is 0 Å². The second-order valence-electron chi connectivity index (χ2n) is 3.61. The van der Waals surface area contributed by atoms with Crippen LogP contribution in [0.25, 0.3) is 5.57 Å². The largest absolute Gasteiger partial charge is 0.294 e. The first kappa shape index (κ1) is 11.4. The van der Waals surface area contributed by atoms with Crippen molar-refractivity contribution in [2.75, 3.05) is 0 Å². The summed E-state index contributed by atoms with van der Waals surface area (Å²) in [7, 11) is 0. The van der Waals surface area contributed by atoms with E-state index >= 15 is 0 Å². The zero-order valence-corrected chi connectivity index (χ0v) is 9.12. The van der Waals surface area contributed by atoms with Crippen molar-refractivity contribution in [1.29, 1.82) is 0 Å². The van der Waals surface area contributed by atoms with Crippen LogP contribution in [0.15, 0.2) is 43.5 Å². The Morgan fingerprint density at radius 2 is 1.80 bits per heavy atom. The third-order valence-electron chi connectivity index (χ3n) is 2.28. The van der Waals surface area contributed by atoms with Crippen LogP contribution in [-0.4, -0.2) is 5.78 Å². The lowest BCUT2D eigenvalue weighted by Gasteiger charge is -2.02. The predicted molar refractivity (Wildman–Crippen MR) is 64.9 cm³/mol. The van der Waals surface area contributed by atoms with Gasteiger partial charge in [-0.2, -0.15) is 0 Å². The van der Waals surface area contributed by atoms with Gasteiger partial charge in [0.15, 0.2) is 5.78 Å². The Morgan fingerprint density at radius 3 is 2.27 bits per heavy atom. The van der Waals surface area contributed by atoms with Gasteiger partial charge in [-0.05, 0) is 18.9 Å². The van der Waals surface area contributed by atoms with E-state index in [9.17, 15) is 4.79 Å². The molecule has 0 radical (unpaired) electrons. The first-order chi connectivity index (χ1) is 7.15. The molecule has 0 fully saturated rings. The molecular formula is C14H16O. The van der Waals surface area contributed by atoms with E-state index in [0.717, 1.165) is 23.1 Å². The van der Waals surface area contributed by atoms with Gasteiger partial charge in [-0.3, -0.25) is 4.79 Å². The fraction of sp³-hybridized carbons (Fsp3) is 0.214. The van der Waals surface area contributed by atoms with Gasteiger partial charge in [0.05, 0.1) is 0 Å². The van der Waals surface area contributed by atoms with Crippen LogP contribution in [0.1, 0.15) is 35.7 Å². The number of rotatable bonds is 5. The smallest absolute Gasteiger partial charge is 0.163 e. The molecule has 0 spiro atoms. The van der Waals surface area contributed by atoms with Gasteiger partial charge >= 0.3 is 0 Å². The molecule has 1 nitrogen and oxygen atoms in total. The molecule has 0 amide bonds. The number of benzene rings is 1. The zero-order valence-electron chi connectivity index (χ0n) is 9.12. The lowest BCUT2D eigenvalue weighted by Crippen LogP contribution is -1.97. The SMILES string of the molecule is C=CCCC(=O)c1ccc(C(=C)C)cc1. The lowest BCUT2D eigenvalue weighted by atomic mass is 10.0. The van der Waals surface area contributed by atoms with Crippen molar-refractivity contribution in [3.05, 3.63) is 54.6 Å². The number of Topliss-reactive ketones (excluding diaryl/α,β-unsaturated/α-hetero) is 1. The molecule has 0 saturated heterocycles. The Labute approximate surface area is 91.1 Å². The minimum atomic E-state index is 0.170. The minimum Gasteiger partial charge on any atom is -0.294 e. The molecule has 0 heterocycles. The van der Waals surface area contributed by atoms with Crippen molar-refractivity contribution in [1.82, 2.24) is 0 Å². The fourth-order valence-electron chi connectivity index (χ4n) is 1.32. The van der Waals surface area contributed by atoms with Gasteiger partial charge in [0.25, 0.3) is 0 Å². The first-order valence-electron chi connectivity index (χ1n) is 5.05. The minimum absolute atomic E-state index is 0.170. The Bertz CT molecular complexity index is 371. The fourth-order valence-corrected chi connectivity index (χ4v) is 1.32. The lowest BCUT2D eigenvalue weighted by molar-refractivity contribution is 0.0983. The number of hydrogen-bond acceptors (Lipinski definition) is 1. The number of carbonyl (C=O) groups excluding carboxylic acids is 1. The van der Waals surface area contributed by atoms with Crippen molar-refractivity contribution in [2.24, 2.45) is 0 Å². The van der Waals surface area contributed by atoms with E-state index in [-0.39, 0.29) is 5.78 Å². The summed E-state index contributed by atoms with van der Waals surface area (Å²) in [5, 5.41) is 0. The van der Waals surface area contributed by atoms with E-state index in [1.54, 1.807) is 6.08 Å². The van der Waals surface area contributed by atoms with Crippen LogP contribution < -0.4 is 0 Å². The molecule has 0 bridgehead atoms. The summed E-state index contributed by atoms with van der Waals surface area (Å²) in [5.74, 6) is 0.170. The van der Waals surface area contributed by atoms with E-state index in [1.807, 2.05) is 31.2 Å². The molecule has 78 valence electrons. The summed E-state index contributed by atoms with van der Waals surface area (Å²) in [5.41, 5.74) is 2.86. The molecule has 1 rings (SSSR count). The molecule has 0 saturated carbocycles. The van der Waals surface area contributed by atoms with Gasteiger partial charge in [-0.1, -0.05) is 42.5 Å². The number of ketones is 1. The third kappa shape index (κ3) is 3.21. The van der Waals surface area contributed by atoms with Crippen molar-refractivity contribution in [3.8, 4) is 0 Å². The summed E-state index contributed by atoms with van der Waals surface area (Å²) in [6.07, 6.45) is 3.04. The highest BCUT2D eigenvalue weighted by Crippen LogP contribution is 2.13. The molecule has 0 aliphatic heterocycles. The molecule has 0 aliphatic rings. The summed E-state index contributed by atoms with van der Waals surface area (Å²) in [4.78, 5) is 11.6. The molecule has 1 heteroatoms. The van der Waals surface area contributed by atoms with Crippen LogP contribution in [0.5, 0.6) is 0 Å². The van der Waals surface area contributed by atoms with Gasteiger partial charge < -0.3 is 0 Å². The molecule has 0 aromatic heterocycles. The summed E-state index contributed by atoms with van der Waals surface area (Å²) >= 11 is 0. The maximum absolute atomic E-state index is 11.6. The van der Waals surface area contributed by atoms with Crippen LogP contribution in [0.2, 0.25) is 0 Å². The maximum atomic E-state index is 11.6. The van der Waals surface area contributed by atoms with Crippen molar-refractivity contribution in [2.45, 2.75) is 19.8 Å². The molecule has 0 N–H and O–H groups in total. The topological polar surface area (TPSA) is 17.1 Å². The first-order valence-corrected chi connectivity index (χ1v) is 5.05. The highest BCUT2D eigenvalue weighted by molar-refractivity contribution is 5.96. The maximum Gasteiger partial charge on any atom is 0.163 e. The Kier molecular flexibility index (Phi) is 4.04. The second kappa shape index (κ2) is 5.30.